The molecule has 0 spiro atoms. The minimum atomic E-state index is -1.49. The SMILES string of the molecule is C[C@H](NC(=O)[C@H](CCCN=C(N)N)NC(=O)[C@H](CC(N)=O)NC(=O)[C@@H](N)[C@@H](C)O)C(=O)O. The van der Waals surface area contributed by atoms with Crippen LogP contribution < -0.4 is 38.9 Å². The lowest BCUT2D eigenvalue weighted by molar-refractivity contribution is -0.142. The van der Waals surface area contributed by atoms with Gasteiger partial charge in [0.1, 0.15) is 24.2 Å². The van der Waals surface area contributed by atoms with Gasteiger partial charge >= 0.3 is 5.97 Å². The van der Waals surface area contributed by atoms with Gasteiger partial charge in [-0.2, -0.15) is 0 Å². The number of amides is 4. The maximum absolute atomic E-state index is 12.7. The van der Waals surface area contributed by atoms with Crippen LogP contribution in [0.25, 0.3) is 0 Å². The van der Waals surface area contributed by atoms with Crippen LogP contribution >= 0.6 is 0 Å². The van der Waals surface area contributed by atoms with Crippen LogP contribution in [0.4, 0.5) is 0 Å². The van der Waals surface area contributed by atoms with Gasteiger partial charge in [-0.3, -0.25) is 29.0 Å². The van der Waals surface area contributed by atoms with Crippen LogP contribution in [0.2, 0.25) is 0 Å². The van der Waals surface area contributed by atoms with E-state index in [4.69, 9.17) is 28.0 Å². The van der Waals surface area contributed by atoms with Crippen molar-refractivity contribution in [1.82, 2.24) is 16.0 Å². The van der Waals surface area contributed by atoms with Crippen LogP contribution in [0.1, 0.15) is 33.1 Å². The summed E-state index contributed by atoms with van der Waals surface area (Å²) in [5.74, 6) is -5.08. The molecule has 32 heavy (non-hydrogen) atoms. The molecule has 182 valence electrons. The highest BCUT2D eigenvalue weighted by atomic mass is 16.4. The zero-order valence-electron chi connectivity index (χ0n) is 17.9. The van der Waals surface area contributed by atoms with Crippen LogP contribution in [0.15, 0.2) is 4.99 Å². The van der Waals surface area contributed by atoms with Crippen molar-refractivity contribution in [3.8, 4) is 0 Å². The Morgan fingerprint density at radius 3 is 1.91 bits per heavy atom. The molecule has 15 nitrogen and oxygen atoms in total. The number of hydrogen-bond acceptors (Lipinski definition) is 8. The second-order valence-corrected chi connectivity index (χ2v) is 7.08. The molecule has 0 aliphatic heterocycles. The van der Waals surface area contributed by atoms with Gasteiger partial charge in [0.25, 0.3) is 0 Å². The summed E-state index contributed by atoms with van der Waals surface area (Å²) in [6.45, 7) is 2.61. The summed E-state index contributed by atoms with van der Waals surface area (Å²) in [4.78, 5) is 63.3. The Morgan fingerprint density at radius 2 is 1.44 bits per heavy atom. The molecule has 0 bridgehead atoms. The van der Waals surface area contributed by atoms with E-state index < -0.39 is 66.3 Å². The zero-order chi connectivity index (χ0) is 25.0. The standard InChI is InChI=1S/C17H32N8O7/c1-7(16(31)32)23-13(28)9(4-3-5-22-17(20)21)24-14(29)10(6-11(18)27)25-15(30)12(19)8(2)26/h7-10,12,26H,3-6,19H2,1-2H3,(H2,18,27)(H,23,28)(H,24,29)(H,25,30)(H,31,32)(H4,20,21,22)/t7-,8+,9-,10-,12-/m0/s1. The van der Waals surface area contributed by atoms with Crippen molar-refractivity contribution in [3.05, 3.63) is 0 Å². The predicted octanol–water partition coefficient (Wildman–Crippen LogP) is -4.82. The lowest BCUT2D eigenvalue weighted by atomic mass is 10.1. The average molecular weight is 460 g/mol. The molecule has 4 amide bonds. The Bertz CT molecular complexity index is 724. The highest BCUT2D eigenvalue weighted by Gasteiger charge is 2.30. The number of rotatable bonds is 14. The van der Waals surface area contributed by atoms with Gasteiger partial charge < -0.3 is 49.1 Å². The molecule has 0 aliphatic carbocycles. The van der Waals surface area contributed by atoms with Crippen LogP contribution in [0, 0.1) is 0 Å². The van der Waals surface area contributed by atoms with Crippen LogP contribution in [-0.4, -0.2) is 82.6 Å². The number of carboxylic acid groups (broad SMARTS) is 1. The fourth-order valence-corrected chi connectivity index (χ4v) is 2.32. The third-order valence-electron chi connectivity index (χ3n) is 4.17. The van der Waals surface area contributed by atoms with Crippen molar-refractivity contribution in [3.63, 3.8) is 0 Å². The number of carbonyl (C=O) groups is 5. The van der Waals surface area contributed by atoms with E-state index in [9.17, 15) is 29.1 Å². The normalized spacial score (nSPS) is 15.2. The minimum Gasteiger partial charge on any atom is -0.480 e. The van der Waals surface area contributed by atoms with Gasteiger partial charge in [-0.25, -0.2) is 0 Å². The quantitative estimate of drug-likeness (QED) is 0.0677. The fraction of sp³-hybridized carbons (Fsp3) is 0.647. The molecule has 5 atom stereocenters. The molecule has 0 radical (unpaired) electrons. The van der Waals surface area contributed by atoms with Crippen molar-refractivity contribution in [2.24, 2.45) is 27.9 Å². The second-order valence-electron chi connectivity index (χ2n) is 7.08. The summed E-state index contributed by atoms with van der Waals surface area (Å²) in [7, 11) is 0. The molecule has 0 saturated heterocycles. The van der Waals surface area contributed by atoms with Crippen molar-refractivity contribution >= 4 is 35.6 Å². The van der Waals surface area contributed by atoms with E-state index >= 15 is 0 Å². The summed E-state index contributed by atoms with van der Waals surface area (Å²) in [6, 6.07) is -5.36. The first-order valence-electron chi connectivity index (χ1n) is 9.67. The number of hydrogen-bond donors (Lipinski definition) is 9. The zero-order valence-corrected chi connectivity index (χ0v) is 17.9. The van der Waals surface area contributed by atoms with Crippen molar-refractivity contribution in [1.29, 1.82) is 0 Å². The van der Waals surface area contributed by atoms with Crippen LogP contribution in [0.5, 0.6) is 0 Å². The third kappa shape index (κ3) is 11.1. The van der Waals surface area contributed by atoms with Gasteiger partial charge in [-0.15, -0.1) is 0 Å². The van der Waals surface area contributed by atoms with E-state index in [0.717, 1.165) is 0 Å². The van der Waals surface area contributed by atoms with Gasteiger partial charge in [0.05, 0.1) is 12.5 Å². The first-order chi connectivity index (χ1) is 14.8. The van der Waals surface area contributed by atoms with Crippen molar-refractivity contribution in [2.45, 2.75) is 63.4 Å². The van der Waals surface area contributed by atoms with E-state index in [1.807, 2.05) is 0 Å². The molecule has 0 rings (SSSR count). The molecule has 0 aromatic heterocycles. The molecular weight excluding hydrogens is 428 g/mol. The van der Waals surface area contributed by atoms with Gasteiger partial charge in [0.15, 0.2) is 5.96 Å². The molecule has 0 aromatic rings. The number of nitrogens with one attached hydrogen (secondary N) is 3. The number of aliphatic hydroxyl groups is 1. The van der Waals surface area contributed by atoms with Gasteiger partial charge in [0, 0.05) is 6.54 Å². The monoisotopic (exact) mass is 460 g/mol. The highest BCUT2D eigenvalue weighted by molar-refractivity contribution is 5.96. The van der Waals surface area contributed by atoms with Gasteiger partial charge in [-0.1, -0.05) is 0 Å². The Morgan fingerprint density at radius 1 is 0.906 bits per heavy atom. The van der Waals surface area contributed by atoms with Crippen molar-refractivity contribution < 1.29 is 34.2 Å². The molecule has 15 heteroatoms. The first-order valence-corrected chi connectivity index (χ1v) is 9.67. The molecule has 0 unspecified atom stereocenters. The minimum absolute atomic E-state index is 0.00508. The Balaban J connectivity index is 5.46. The summed E-state index contributed by atoms with van der Waals surface area (Å²) in [6.07, 6.45) is -1.61. The molecule has 0 aromatic carbocycles. The van der Waals surface area contributed by atoms with Gasteiger partial charge in [0.2, 0.25) is 23.6 Å². The largest absolute Gasteiger partial charge is 0.480 e. The fourth-order valence-electron chi connectivity index (χ4n) is 2.32. The van der Waals surface area contributed by atoms with E-state index in [0.29, 0.717) is 0 Å². The van der Waals surface area contributed by atoms with Crippen LogP contribution in [-0.2, 0) is 24.0 Å². The number of guanidine groups is 1. The molecular formula is C17H32N8O7. The first kappa shape index (κ1) is 28.5. The summed E-state index contributed by atoms with van der Waals surface area (Å²) >= 11 is 0. The molecule has 0 heterocycles. The van der Waals surface area contributed by atoms with Crippen LogP contribution in [0.3, 0.4) is 0 Å². The lowest BCUT2D eigenvalue weighted by Crippen LogP contribution is -2.58. The lowest BCUT2D eigenvalue weighted by Gasteiger charge is -2.24. The topological polar surface area (TPSA) is 278 Å². The van der Waals surface area contributed by atoms with Crippen molar-refractivity contribution in [2.75, 3.05) is 6.54 Å². The van der Waals surface area contributed by atoms with E-state index in [2.05, 4.69) is 20.9 Å². The number of primary amides is 1. The number of aliphatic carboxylic acids is 1. The number of aliphatic hydroxyl groups excluding tert-OH is 1. The smallest absolute Gasteiger partial charge is 0.325 e. The second kappa shape index (κ2) is 13.8. The number of aliphatic imine (C=N–C) groups is 1. The number of carboxylic acids is 1. The summed E-state index contributed by atoms with van der Waals surface area (Å²) in [5, 5.41) is 25.2. The highest BCUT2D eigenvalue weighted by Crippen LogP contribution is 2.03. The number of carbonyl (C=O) groups excluding carboxylic acids is 4. The van der Waals surface area contributed by atoms with E-state index in [-0.39, 0.29) is 25.3 Å². The van der Waals surface area contributed by atoms with Gasteiger partial charge in [-0.05, 0) is 26.7 Å². The maximum atomic E-state index is 12.7. The summed E-state index contributed by atoms with van der Waals surface area (Å²) < 4.78 is 0. The Labute approximate surface area is 184 Å². The predicted molar refractivity (Wildman–Crippen MR) is 112 cm³/mol. The summed E-state index contributed by atoms with van der Waals surface area (Å²) in [5.41, 5.74) is 21.1. The average Bonchev–Trinajstić information content (AvgIpc) is 2.67. The Hall–Kier alpha value is -3.46. The molecule has 0 aliphatic rings. The number of nitrogens with two attached hydrogens (primary N) is 4. The molecule has 0 fully saturated rings. The van der Waals surface area contributed by atoms with E-state index in [1.54, 1.807) is 0 Å². The van der Waals surface area contributed by atoms with E-state index in [1.165, 1.54) is 13.8 Å². The third-order valence-corrected chi connectivity index (χ3v) is 4.17. The number of nitrogens with zero attached hydrogens (tertiary/aromatic N) is 1. The maximum Gasteiger partial charge on any atom is 0.325 e. The molecule has 13 N–H and O–H groups in total. The Kier molecular flexibility index (Phi) is 12.3. The molecule has 0 saturated carbocycles.